The second-order valence-electron chi connectivity index (χ2n) is 5.26. The lowest BCUT2D eigenvalue weighted by atomic mass is 10.3. The topological polar surface area (TPSA) is 63.2 Å². The molecule has 0 saturated heterocycles. The smallest absolute Gasteiger partial charge is 0.155 e. The van der Waals surface area contributed by atoms with Gasteiger partial charge in [0.2, 0.25) is 0 Å². The summed E-state index contributed by atoms with van der Waals surface area (Å²) in [4.78, 5) is 11.4. The Hall–Kier alpha value is -0.420. The number of rotatable bonds is 6. The van der Waals surface area contributed by atoms with Gasteiger partial charge in [0.1, 0.15) is 5.78 Å². The lowest BCUT2D eigenvalue weighted by molar-refractivity contribution is -0.118. The molecule has 0 amide bonds. The van der Waals surface area contributed by atoms with E-state index >= 15 is 0 Å². The van der Waals surface area contributed by atoms with Gasteiger partial charge in [0.15, 0.2) is 9.84 Å². The quantitative estimate of drug-likeness (QED) is 0.767. The Balaban J connectivity index is 4.12. The summed E-state index contributed by atoms with van der Waals surface area (Å²) in [6, 6.07) is 0.239. The van der Waals surface area contributed by atoms with E-state index in [9.17, 15) is 13.2 Å². The molecule has 0 radical (unpaired) electrons. The summed E-state index contributed by atoms with van der Waals surface area (Å²) in [6.07, 6.45) is 0.0966. The predicted molar refractivity (Wildman–Crippen MR) is 66.3 cm³/mol. The maximum absolute atomic E-state index is 11.7. The van der Waals surface area contributed by atoms with Crippen molar-refractivity contribution < 1.29 is 13.2 Å². The highest BCUT2D eigenvalue weighted by atomic mass is 32.2. The predicted octanol–water partition coefficient (Wildman–Crippen LogP) is 1.16. The van der Waals surface area contributed by atoms with Gasteiger partial charge in [0.25, 0.3) is 0 Å². The molecule has 0 saturated carbocycles. The molecule has 0 rings (SSSR count). The first-order valence-electron chi connectivity index (χ1n) is 5.53. The molecule has 0 unspecified atom stereocenters. The number of ketones is 1. The molecule has 16 heavy (non-hydrogen) atoms. The van der Waals surface area contributed by atoms with E-state index in [0.717, 1.165) is 0 Å². The first-order chi connectivity index (χ1) is 7.06. The highest BCUT2D eigenvalue weighted by molar-refractivity contribution is 7.92. The highest BCUT2D eigenvalue weighted by Crippen LogP contribution is 2.16. The van der Waals surface area contributed by atoms with Crippen LogP contribution in [-0.2, 0) is 14.6 Å². The van der Waals surface area contributed by atoms with E-state index in [2.05, 4.69) is 5.32 Å². The van der Waals surface area contributed by atoms with Crippen molar-refractivity contribution in [3.63, 3.8) is 0 Å². The minimum atomic E-state index is -3.18. The van der Waals surface area contributed by atoms with Crippen molar-refractivity contribution in [3.8, 4) is 0 Å². The van der Waals surface area contributed by atoms with Crippen molar-refractivity contribution in [2.45, 2.75) is 51.8 Å². The lowest BCUT2D eigenvalue weighted by Crippen LogP contribution is -2.34. The Kier molecular flexibility index (Phi) is 5.62. The van der Waals surface area contributed by atoms with Crippen LogP contribution in [0.1, 0.15) is 41.0 Å². The molecule has 0 aromatic heterocycles. The van der Waals surface area contributed by atoms with Crippen molar-refractivity contribution in [2.75, 3.05) is 12.3 Å². The molecule has 0 bridgehead atoms. The largest absolute Gasteiger partial charge is 0.308 e. The Morgan fingerprint density at radius 3 is 2.12 bits per heavy atom. The van der Waals surface area contributed by atoms with Gasteiger partial charge in [-0.05, 0) is 20.8 Å². The van der Waals surface area contributed by atoms with Crippen LogP contribution in [0.2, 0.25) is 0 Å². The van der Waals surface area contributed by atoms with E-state index in [-0.39, 0.29) is 30.5 Å². The van der Waals surface area contributed by atoms with E-state index in [1.165, 1.54) is 0 Å². The van der Waals surface area contributed by atoms with Crippen LogP contribution < -0.4 is 5.32 Å². The minimum absolute atomic E-state index is 0.0541. The Labute approximate surface area is 98.7 Å². The molecular weight excluding hydrogens is 226 g/mol. The van der Waals surface area contributed by atoms with Gasteiger partial charge >= 0.3 is 0 Å². The summed E-state index contributed by atoms with van der Waals surface area (Å²) in [6.45, 7) is 9.09. The summed E-state index contributed by atoms with van der Waals surface area (Å²) in [5, 5.41) is 2.98. The number of sulfone groups is 1. The summed E-state index contributed by atoms with van der Waals surface area (Å²) in [5.74, 6) is -0.115. The third kappa shape index (κ3) is 5.61. The van der Waals surface area contributed by atoms with Crippen LogP contribution in [0.3, 0.4) is 0 Å². The standard InChI is InChI=1S/C11H23NO3S/c1-9(2)12-8-10(13)6-7-16(14,15)11(3,4)5/h9,12H,6-8H2,1-5H3. The maximum atomic E-state index is 11.7. The summed E-state index contributed by atoms with van der Waals surface area (Å²) >= 11 is 0. The molecule has 0 aliphatic heterocycles. The molecule has 0 fully saturated rings. The van der Waals surface area contributed by atoms with Gasteiger partial charge in [-0.25, -0.2) is 8.42 Å². The molecule has 0 atom stereocenters. The van der Waals surface area contributed by atoms with Gasteiger partial charge in [-0.3, -0.25) is 4.79 Å². The fourth-order valence-corrected chi connectivity index (χ4v) is 2.07. The number of nitrogens with one attached hydrogen (secondary N) is 1. The number of hydrogen-bond donors (Lipinski definition) is 1. The molecule has 96 valence electrons. The number of hydrogen-bond acceptors (Lipinski definition) is 4. The lowest BCUT2D eigenvalue weighted by Gasteiger charge is -2.18. The van der Waals surface area contributed by atoms with Crippen LogP contribution in [0.5, 0.6) is 0 Å². The summed E-state index contributed by atoms with van der Waals surface area (Å²) in [5.41, 5.74) is 0. The van der Waals surface area contributed by atoms with Crippen molar-refractivity contribution >= 4 is 15.6 Å². The molecule has 1 N–H and O–H groups in total. The van der Waals surface area contributed by atoms with E-state index < -0.39 is 14.6 Å². The van der Waals surface area contributed by atoms with Crippen molar-refractivity contribution in [1.29, 1.82) is 0 Å². The zero-order chi connectivity index (χ0) is 13.0. The normalized spacial score (nSPS) is 13.1. The third-order valence-corrected chi connectivity index (χ3v) is 4.90. The minimum Gasteiger partial charge on any atom is -0.308 e. The Bertz CT molecular complexity index is 326. The van der Waals surface area contributed by atoms with E-state index in [1.807, 2.05) is 13.8 Å². The van der Waals surface area contributed by atoms with Crippen LogP contribution >= 0.6 is 0 Å². The first-order valence-corrected chi connectivity index (χ1v) is 7.19. The van der Waals surface area contributed by atoms with Gasteiger partial charge in [-0.2, -0.15) is 0 Å². The molecule has 5 heteroatoms. The summed E-state index contributed by atoms with van der Waals surface area (Å²) in [7, 11) is -3.18. The van der Waals surface area contributed by atoms with Crippen LogP contribution in [0.25, 0.3) is 0 Å². The second-order valence-corrected chi connectivity index (χ2v) is 8.12. The van der Waals surface area contributed by atoms with Crippen molar-refractivity contribution in [1.82, 2.24) is 5.32 Å². The molecule has 0 aromatic carbocycles. The van der Waals surface area contributed by atoms with Crippen LogP contribution in [0, 0.1) is 0 Å². The molecule has 0 heterocycles. The average Bonchev–Trinajstić information content (AvgIpc) is 2.09. The number of Topliss-reactive ketones (excluding diaryl/α,β-unsaturated/α-hetero) is 1. The number of carbonyl (C=O) groups excluding carboxylic acids is 1. The third-order valence-electron chi connectivity index (χ3n) is 2.29. The van der Waals surface area contributed by atoms with E-state index in [4.69, 9.17) is 0 Å². The fraction of sp³-hybridized carbons (Fsp3) is 0.909. The van der Waals surface area contributed by atoms with E-state index in [1.54, 1.807) is 20.8 Å². The molecule has 0 aliphatic rings. The van der Waals surface area contributed by atoms with Crippen LogP contribution in [0.15, 0.2) is 0 Å². The monoisotopic (exact) mass is 249 g/mol. The van der Waals surface area contributed by atoms with Crippen LogP contribution in [-0.4, -0.2) is 37.3 Å². The van der Waals surface area contributed by atoms with E-state index in [0.29, 0.717) is 0 Å². The summed E-state index contributed by atoms with van der Waals surface area (Å²) < 4.78 is 22.7. The fourth-order valence-electron chi connectivity index (χ4n) is 0.961. The van der Waals surface area contributed by atoms with Gasteiger partial charge in [-0.1, -0.05) is 13.8 Å². The SMILES string of the molecule is CC(C)NCC(=O)CCS(=O)(=O)C(C)(C)C. The molecule has 0 aliphatic carbocycles. The molecule has 4 nitrogen and oxygen atoms in total. The molecule has 0 aromatic rings. The number of carbonyl (C=O) groups is 1. The first kappa shape index (κ1) is 15.6. The van der Waals surface area contributed by atoms with Gasteiger partial charge < -0.3 is 5.32 Å². The maximum Gasteiger partial charge on any atom is 0.155 e. The Morgan fingerprint density at radius 1 is 1.25 bits per heavy atom. The van der Waals surface area contributed by atoms with Gasteiger partial charge in [0, 0.05) is 12.5 Å². The van der Waals surface area contributed by atoms with Crippen LogP contribution in [0.4, 0.5) is 0 Å². The van der Waals surface area contributed by atoms with Crippen molar-refractivity contribution in [3.05, 3.63) is 0 Å². The zero-order valence-corrected chi connectivity index (χ0v) is 11.6. The zero-order valence-electron chi connectivity index (χ0n) is 10.8. The van der Waals surface area contributed by atoms with Gasteiger partial charge in [-0.15, -0.1) is 0 Å². The average molecular weight is 249 g/mol. The molecule has 0 spiro atoms. The Morgan fingerprint density at radius 2 is 1.75 bits per heavy atom. The molecular formula is C11H23NO3S. The second kappa shape index (κ2) is 5.77. The highest BCUT2D eigenvalue weighted by Gasteiger charge is 2.28. The van der Waals surface area contributed by atoms with Gasteiger partial charge in [0.05, 0.1) is 17.0 Å². The van der Waals surface area contributed by atoms with Crippen molar-refractivity contribution in [2.24, 2.45) is 0 Å².